The molecule has 6 heteroatoms. The highest BCUT2D eigenvalue weighted by Crippen LogP contribution is 2.29. The molecular weight excluding hydrogens is 368 g/mol. The lowest BCUT2D eigenvalue weighted by molar-refractivity contribution is 0.0784. The van der Waals surface area contributed by atoms with Crippen LogP contribution in [0.4, 0.5) is 0 Å². The van der Waals surface area contributed by atoms with Crippen LogP contribution in [0.25, 0.3) is 0 Å². The summed E-state index contributed by atoms with van der Waals surface area (Å²) in [6, 6.07) is 12.5. The van der Waals surface area contributed by atoms with Gasteiger partial charge in [-0.1, -0.05) is 25.5 Å². The molecule has 156 valence electrons. The first-order valence-corrected chi connectivity index (χ1v) is 9.96. The van der Waals surface area contributed by atoms with Gasteiger partial charge in [-0.25, -0.2) is 0 Å². The number of hydrogen-bond acceptors (Lipinski definition) is 4. The van der Waals surface area contributed by atoms with E-state index < -0.39 is 0 Å². The average Bonchev–Trinajstić information content (AvgIpc) is 2.74. The molecular formula is C23H30N2O4. The Bertz CT molecular complexity index is 818. The lowest BCUT2D eigenvalue weighted by Crippen LogP contribution is -2.26. The molecule has 0 aliphatic carbocycles. The van der Waals surface area contributed by atoms with Gasteiger partial charge in [-0.2, -0.15) is 0 Å². The first kappa shape index (κ1) is 22.3. The molecule has 0 bridgehead atoms. The summed E-state index contributed by atoms with van der Waals surface area (Å²) in [5.41, 5.74) is 2.07. The van der Waals surface area contributed by atoms with E-state index >= 15 is 0 Å². The number of hydrogen-bond donors (Lipinski definition) is 1. The van der Waals surface area contributed by atoms with Crippen LogP contribution in [0.5, 0.6) is 11.5 Å². The zero-order chi connectivity index (χ0) is 21.2. The molecule has 0 unspecified atom stereocenters. The van der Waals surface area contributed by atoms with Gasteiger partial charge in [0.15, 0.2) is 11.5 Å². The third-order valence-corrected chi connectivity index (χ3v) is 4.46. The minimum Gasteiger partial charge on any atom is -0.490 e. The highest BCUT2D eigenvalue weighted by atomic mass is 16.5. The Morgan fingerprint density at radius 2 is 1.66 bits per heavy atom. The van der Waals surface area contributed by atoms with E-state index in [0.717, 1.165) is 18.4 Å². The molecule has 0 fully saturated rings. The second-order valence-corrected chi connectivity index (χ2v) is 6.73. The van der Waals surface area contributed by atoms with Crippen LogP contribution < -0.4 is 14.8 Å². The number of carbonyl (C=O) groups is 2. The summed E-state index contributed by atoms with van der Waals surface area (Å²) in [5, 5.41) is 2.59. The predicted octanol–water partition coefficient (Wildman–Crippen LogP) is 3.90. The first-order valence-electron chi connectivity index (χ1n) is 9.96. The molecule has 2 rings (SSSR count). The molecule has 0 aliphatic rings. The van der Waals surface area contributed by atoms with E-state index in [-0.39, 0.29) is 11.8 Å². The Morgan fingerprint density at radius 1 is 0.966 bits per heavy atom. The van der Waals surface area contributed by atoms with Gasteiger partial charge in [0.25, 0.3) is 11.8 Å². The second-order valence-electron chi connectivity index (χ2n) is 6.73. The largest absolute Gasteiger partial charge is 0.490 e. The smallest absolute Gasteiger partial charge is 0.254 e. The summed E-state index contributed by atoms with van der Waals surface area (Å²) in [4.78, 5) is 26.1. The fourth-order valence-corrected chi connectivity index (χ4v) is 2.83. The number of nitrogens with zero attached hydrogens (tertiary/aromatic N) is 1. The monoisotopic (exact) mass is 398 g/mol. The number of nitrogens with one attached hydrogen (secondary N) is 1. The van der Waals surface area contributed by atoms with Crippen molar-refractivity contribution in [3.8, 4) is 11.5 Å². The molecule has 6 nitrogen and oxygen atoms in total. The molecule has 2 aromatic rings. The maximum absolute atomic E-state index is 12.9. The molecule has 0 aliphatic heterocycles. The second kappa shape index (κ2) is 11.1. The quantitative estimate of drug-likeness (QED) is 0.617. The number of rotatable bonds is 10. The zero-order valence-electron chi connectivity index (χ0n) is 17.7. The Morgan fingerprint density at radius 3 is 2.28 bits per heavy atom. The highest BCUT2D eigenvalue weighted by Gasteiger charge is 2.16. The van der Waals surface area contributed by atoms with Crippen molar-refractivity contribution >= 4 is 11.8 Å². The van der Waals surface area contributed by atoms with Crippen LogP contribution in [0, 0.1) is 0 Å². The van der Waals surface area contributed by atoms with E-state index in [0.29, 0.717) is 42.4 Å². The van der Waals surface area contributed by atoms with Gasteiger partial charge < -0.3 is 19.7 Å². The van der Waals surface area contributed by atoms with Crippen molar-refractivity contribution in [1.29, 1.82) is 0 Å². The van der Waals surface area contributed by atoms with Gasteiger partial charge in [-0.3, -0.25) is 9.59 Å². The van der Waals surface area contributed by atoms with E-state index in [1.165, 1.54) is 0 Å². The third-order valence-electron chi connectivity index (χ3n) is 4.46. The molecule has 0 radical (unpaired) electrons. The number of amides is 2. The molecule has 0 aromatic heterocycles. The predicted molar refractivity (Wildman–Crippen MR) is 114 cm³/mol. The maximum atomic E-state index is 12.9. The zero-order valence-corrected chi connectivity index (χ0v) is 17.7. The fraction of sp³-hybridized carbons (Fsp3) is 0.391. The summed E-state index contributed by atoms with van der Waals surface area (Å²) < 4.78 is 11.4. The van der Waals surface area contributed by atoms with Gasteiger partial charge >= 0.3 is 0 Å². The van der Waals surface area contributed by atoms with Crippen LogP contribution in [0.1, 0.15) is 53.0 Å². The first-order chi connectivity index (χ1) is 14.0. The van der Waals surface area contributed by atoms with Crippen molar-refractivity contribution in [2.45, 2.75) is 33.2 Å². The van der Waals surface area contributed by atoms with Crippen LogP contribution in [0.3, 0.4) is 0 Å². The van der Waals surface area contributed by atoms with E-state index in [1.54, 1.807) is 49.3 Å². The molecule has 29 heavy (non-hydrogen) atoms. The van der Waals surface area contributed by atoms with Crippen molar-refractivity contribution in [1.82, 2.24) is 10.2 Å². The van der Waals surface area contributed by atoms with Crippen molar-refractivity contribution in [2.24, 2.45) is 0 Å². The fourth-order valence-electron chi connectivity index (χ4n) is 2.83. The standard InChI is InChI=1S/C23H30N2O4/c1-5-7-14-29-20-13-12-19(15-21(20)28-6-2)23(27)25(4)16-17-8-10-18(11-9-17)22(26)24-3/h8-13,15H,5-7,14,16H2,1-4H3,(H,24,26). The molecule has 0 spiro atoms. The van der Waals surface area contributed by atoms with Gasteiger partial charge in [0.2, 0.25) is 0 Å². The molecule has 0 saturated carbocycles. The van der Waals surface area contributed by atoms with Gasteiger partial charge in [0, 0.05) is 31.8 Å². The highest BCUT2D eigenvalue weighted by molar-refractivity contribution is 5.95. The van der Waals surface area contributed by atoms with Crippen molar-refractivity contribution < 1.29 is 19.1 Å². The van der Waals surface area contributed by atoms with Gasteiger partial charge in [0.1, 0.15) is 0 Å². The number of benzene rings is 2. The normalized spacial score (nSPS) is 10.3. The Balaban J connectivity index is 2.09. The third kappa shape index (κ3) is 6.24. The Kier molecular flexibility index (Phi) is 8.52. The number of unbranched alkanes of at least 4 members (excludes halogenated alkanes) is 1. The minimum atomic E-state index is -0.134. The molecule has 0 atom stereocenters. The van der Waals surface area contributed by atoms with Crippen molar-refractivity contribution in [3.05, 3.63) is 59.2 Å². The van der Waals surface area contributed by atoms with Crippen LogP contribution >= 0.6 is 0 Å². The number of ether oxygens (including phenoxy) is 2. The van der Waals surface area contributed by atoms with Crippen LogP contribution in [0.2, 0.25) is 0 Å². The van der Waals surface area contributed by atoms with Crippen molar-refractivity contribution in [2.75, 3.05) is 27.3 Å². The minimum absolute atomic E-state index is 0.110. The Labute approximate surface area is 172 Å². The molecule has 2 aromatic carbocycles. The van der Waals surface area contributed by atoms with Crippen LogP contribution in [-0.2, 0) is 6.54 Å². The number of carbonyl (C=O) groups excluding carboxylic acids is 2. The summed E-state index contributed by atoms with van der Waals surface area (Å²) in [6.07, 6.45) is 2.02. The van der Waals surface area contributed by atoms with Crippen molar-refractivity contribution in [3.63, 3.8) is 0 Å². The topological polar surface area (TPSA) is 67.9 Å². The van der Waals surface area contributed by atoms with E-state index in [2.05, 4.69) is 12.2 Å². The lowest BCUT2D eigenvalue weighted by atomic mass is 10.1. The molecule has 0 heterocycles. The average molecular weight is 399 g/mol. The molecule has 0 saturated heterocycles. The maximum Gasteiger partial charge on any atom is 0.254 e. The van der Waals surface area contributed by atoms with Gasteiger partial charge in [-0.05, 0) is 49.2 Å². The van der Waals surface area contributed by atoms with Gasteiger partial charge in [0.05, 0.1) is 13.2 Å². The van der Waals surface area contributed by atoms with E-state index in [1.807, 2.05) is 19.1 Å². The molecule has 2 amide bonds. The summed E-state index contributed by atoms with van der Waals surface area (Å²) >= 11 is 0. The van der Waals surface area contributed by atoms with Gasteiger partial charge in [-0.15, -0.1) is 0 Å². The SMILES string of the molecule is CCCCOc1ccc(C(=O)N(C)Cc2ccc(C(=O)NC)cc2)cc1OCC. The van der Waals surface area contributed by atoms with E-state index in [9.17, 15) is 9.59 Å². The van der Waals surface area contributed by atoms with E-state index in [4.69, 9.17) is 9.47 Å². The summed E-state index contributed by atoms with van der Waals surface area (Å²) in [7, 11) is 3.35. The summed E-state index contributed by atoms with van der Waals surface area (Å²) in [5.74, 6) is 0.995. The van der Waals surface area contributed by atoms with Crippen LogP contribution in [-0.4, -0.2) is 44.0 Å². The Hall–Kier alpha value is -3.02. The molecule has 1 N–H and O–H groups in total. The summed E-state index contributed by atoms with van der Waals surface area (Å²) in [6.45, 7) is 5.56. The lowest BCUT2D eigenvalue weighted by Gasteiger charge is -2.19. The van der Waals surface area contributed by atoms with Crippen LogP contribution in [0.15, 0.2) is 42.5 Å².